The fraction of sp³-hybridized carbons (Fsp3) is 0.200. The van der Waals surface area contributed by atoms with Crippen LogP contribution in [0.4, 0.5) is 22.7 Å². The number of furan rings is 1. The number of fused-ring (bicyclic) bond motifs is 4. The van der Waals surface area contributed by atoms with Crippen LogP contribution in [-0.4, -0.2) is 0 Å². The van der Waals surface area contributed by atoms with E-state index >= 15 is 0 Å². The highest BCUT2D eigenvalue weighted by atomic mass is 16.3. The van der Waals surface area contributed by atoms with Gasteiger partial charge >= 0.3 is 0 Å². The predicted octanol–water partition coefficient (Wildman–Crippen LogP) is 9.23. The molecule has 4 aromatic carbocycles. The van der Waals surface area contributed by atoms with E-state index in [1.807, 2.05) is 6.07 Å². The zero-order valence-electron chi connectivity index (χ0n) is 22.3. The van der Waals surface area contributed by atoms with E-state index in [0.29, 0.717) is 0 Å². The molecule has 2 aliphatic rings. The number of para-hydroxylation sites is 2. The van der Waals surface area contributed by atoms with Crippen LogP contribution >= 0.6 is 0 Å². The SMILES string of the molecule is CC1(C)c2ccccc2Nc2ccc(C(c3ccc4c(c3)C(C)(C)c3ccccc3N4)c3ccco3)cc21. The summed E-state index contributed by atoms with van der Waals surface area (Å²) in [5.74, 6) is 0.940. The molecule has 3 heteroatoms. The average molecular weight is 497 g/mol. The van der Waals surface area contributed by atoms with Crippen LogP contribution in [0.1, 0.15) is 72.8 Å². The fourth-order valence-electron chi connectivity index (χ4n) is 6.57. The van der Waals surface area contributed by atoms with Crippen molar-refractivity contribution in [2.24, 2.45) is 0 Å². The molecule has 7 rings (SSSR count). The molecule has 0 bridgehead atoms. The maximum absolute atomic E-state index is 6.08. The first-order chi connectivity index (χ1) is 18.3. The monoisotopic (exact) mass is 496 g/mol. The summed E-state index contributed by atoms with van der Waals surface area (Å²) >= 11 is 0. The highest BCUT2D eigenvalue weighted by Crippen LogP contribution is 2.49. The van der Waals surface area contributed by atoms with Crippen LogP contribution in [-0.2, 0) is 10.8 Å². The van der Waals surface area contributed by atoms with E-state index in [-0.39, 0.29) is 16.7 Å². The average Bonchev–Trinajstić information content (AvgIpc) is 3.44. The second-order valence-electron chi connectivity index (χ2n) is 11.6. The second-order valence-corrected chi connectivity index (χ2v) is 11.6. The Morgan fingerprint density at radius 3 is 1.47 bits per heavy atom. The van der Waals surface area contributed by atoms with Gasteiger partial charge in [0.1, 0.15) is 5.76 Å². The summed E-state index contributed by atoms with van der Waals surface area (Å²) in [6.45, 7) is 9.28. The quantitative estimate of drug-likeness (QED) is 0.261. The maximum Gasteiger partial charge on any atom is 0.115 e. The van der Waals surface area contributed by atoms with Gasteiger partial charge in [-0.05, 0) is 69.8 Å². The van der Waals surface area contributed by atoms with E-state index in [9.17, 15) is 0 Å². The molecule has 3 nitrogen and oxygen atoms in total. The first kappa shape index (κ1) is 22.9. The minimum atomic E-state index is -0.119. The highest BCUT2D eigenvalue weighted by molar-refractivity contribution is 5.77. The minimum Gasteiger partial charge on any atom is -0.468 e. The summed E-state index contributed by atoms with van der Waals surface area (Å²) in [4.78, 5) is 0. The summed E-state index contributed by atoms with van der Waals surface area (Å²) in [5.41, 5.74) is 12.2. The van der Waals surface area contributed by atoms with Gasteiger partial charge in [-0.2, -0.15) is 0 Å². The number of anilines is 4. The molecule has 2 aliphatic heterocycles. The first-order valence-electron chi connectivity index (χ1n) is 13.4. The third kappa shape index (κ3) is 3.35. The molecule has 0 unspecified atom stereocenters. The molecule has 188 valence electrons. The van der Waals surface area contributed by atoms with Crippen molar-refractivity contribution in [2.45, 2.75) is 44.4 Å². The molecule has 2 N–H and O–H groups in total. The summed E-state index contributed by atoms with van der Waals surface area (Å²) < 4.78 is 6.08. The van der Waals surface area contributed by atoms with Crippen molar-refractivity contribution in [2.75, 3.05) is 10.6 Å². The number of rotatable bonds is 3. The van der Waals surface area contributed by atoms with Gasteiger partial charge in [-0.3, -0.25) is 0 Å². The second kappa shape index (κ2) is 8.13. The molecule has 38 heavy (non-hydrogen) atoms. The fourth-order valence-corrected chi connectivity index (χ4v) is 6.57. The molecular formula is C35H32N2O. The lowest BCUT2D eigenvalue weighted by atomic mass is 9.72. The molecular weight excluding hydrogens is 464 g/mol. The van der Waals surface area contributed by atoms with Crippen molar-refractivity contribution in [3.05, 3.63) is 142 Å². The molecule has 0 atom stereocenters. The Bertz CT molecular complexity index is 1570. The molecule has 5 aromatic rings. The summed E-state index contributed by atoms with van der Waals surface area (Å²) in [6.07, 6.45) is 1.78. The van der Waals surface area contributed by atoms with Crippen LogP contribution < -0.4 is 10.6 Å². The number of hydrogen-bond donors (Lipinski definition) is 2. The first-order valence-corrected chi connectivity index (χ1v) is 13.4. The molecule has 3 heterocycles. The van der Waals surface area contributed by atoms with Crippen LogP contribution in [0.5, 0.6) is 0 Å². The van der Waals surface area contributed by atoms with E-state index in [1.54, 1.807) is 6.26 Å². The standard InChI is InChI=1S/C35H32N2O/c1-34(2)24-10-5-7-12-28(24)36-30-17-15-22(20-26(30)34)33(32-14-9-19-38-32)23-16-18-31-27(21-23)35(3,4)25-11-6-8-13-29(25)37-31/h5-21,33,36-37H,1-4H3. The Morgan fingerprint density at radius 1 is 0.526 bits per heavy atom. The summed E-state index contributed by atoms with van der Waals surface area (Å²) in [7, 11) is 0. The topological polar surface area (TPSA) is 37.2 Å². The molecule has 0 saturated carbocycles. The molecule has 0 saturated heterocycles. The van der Waals surface area contributed by atoms with Crippen molar-refractivity contribution in [3.63, 3.8) is 0 Å². The van der Waals surface area contributed by atoms with Gasteiger partial charge in [-0.15, -0.1) is 0 Å². The normalized spacial score (nSPS) is 15.9. The summed E-state index contributed by atoms with van der Waals surface area (Å²) in [5, 5.41) is 7.33. The largest absolute Gasteiger partial charge is 0.468 e. The third-order valence-electron chi connectivity index (χ3n) is 8.67. The van der Waals surface area contributed by atoms with E-state index in [1.165, 1.54) is 56.1 Å². The van der Waals surface area contributed by atoms with Crippen LogP contribution in [0.3, 0.4) is 0 Å². The van der Waals surface area contributed by atoms with Crippen molar-refractivity contribution in [1.82, 2.24) is 0 Å². The van der Waals surface area contributed by atoms with Gasteiger partial charge in [0.15, 0.2) is 0 Å². The highest BCUT2D eigenvalue weighted by Gasteiger charge is 2.35. The molecule has 1 aromatic heterocycles. The van der Waals surface area contributed by atoms with Gasteiger partial charge in [-0.1, -0.05) is 88.4 Å². The molecule has 0 fully saturated rings. The van der Waals surface area contributed by atoms with Crippen LogP contribution in [0.25, 0.3) is 0 Å². The van der Waals surface area contributed by atoms with Gasteiger partial charge < -0.3 is 15.1 Å². The Kier molecular flexibility index (Phi) is 4.90. The molecule has 0 radical (unpaired) electrons. The Balaban J connectivity index is 1.37. The maximum atomic E-state index is 6.08. The van der Waals surface area contributed by atoms with Gasteiger partial charge in [0, 0.05) is 33.6 Å². The number of benzene rings is 4. The number of hydrogen-bond acceptors (Lipinski definition) is 3. The van der Waals surface area contributed by atoms with E-state index in [2.05, 4.69) is 129 Å². The lowest BCUT2D eigenvalue weighted by Gasteiger charge is -2.37. The van der Waals surface area contributed by atoms with Gasteiger partial charge in [-0.25, -0.2) is 0 Å². The van der Waals surface area contributed by atoms with Crippen molar-refractivity contribution in [1.29, 1.82) is 0 Å². The predicted molar refractivity (Wildman–Crippen MR) is 156 cm³/mol. The van der Waals surface area contributed by atoms with Crippen molar-refractivity contribution >= 4 is 22.7 Å². The third-order valence-corrected chi connectivity index (χ3v) is 8.67. The van der Waals surface area contributed by atoms with Gasteiger partial charge in [0.05, 0.1) is 12.2 Å². The lowest BCUT2D eigenvalue weighted by Crippen LogP contribution is -2.27. The Labute approximate surface area is 224 Å². The molecule has 0 aliphatic carbocycles. The van der Waals surface area contributed by atoms with Gasteiger partial charge in [0.25, 0.3) is 0 Å². The zero-order valence-corrected chi connectivity index (χ0v) is 22.3. The van der Waals surface area contributed by atoms with Crippen LogP contribution in [0, 0.1) is 0 Å². The van der Waals surface area contributed by atoms with Crippen molar-refractivity contribution in [3.8, 4) is 0 Å². The van der Waals surface area contributed by atoms with Crippen molar-refractivity contribution < 1.29 is 4.42 Å². The van der Waals surface area contributed by atoms with Crippen LogP contribution in [0.15, 0.2) is 108 Å². The Morgan fingerprint density at radius 2 is 1.00 bits per heavy atom. The number of nitrogens with one attached hydrogen (secondary N) is 2. The Hall–Kier alpha value is -4.24. The lowest BCUT2D eigenvalue weighted by molar-refractivity contribution is 0.502. The van der Waals surface area contributed by atoms with E-state index in [4.69, 9.17) is 4.42 Å². The molecule has 0 spiro atoms. The zero-order chi connectivity index (χ0) is 26.1. The molecule has 0 amide bonds. The van der Waals surface area contributed by atoms with E-state index in [0.717, 1.165) is 5.76 Å². The van der Waals surface area contributed by atoms with Gasteiger partial charge in [0.2, 0.25) is 0 Å². The minimum absolute atomic E-state index is 0.0125. The van der Waals surface area contributed by atoms with E-state index < -0.39 is 0 Å². The van der Waals surface area contributed by atoms with Crippen LogP contribution in [0.2, 0.25) is 0 Å². The smallest absolute Gasteiger partial charge is 0.115 e. The summed E-state index contributed by atoms with van der Waals surface area (Å²) in [6, 6.07) is 35.1.